The highest BCUT2D eigenvalue weighted by Crippen LogP contribution is 2.09. The summed E-state index contributed by atoms with van der Waals surface area (Å²) in [7, 11) is 3.02. The first-order chi connectivity index (χ1) is 11.4. The van der Waals surface area contributed by atoms with Gasteiger partial charge in [0.15, 0.2) is 11.2 Å². The van der Waals surface area contributed by atoms with Crippen molar-refractivity contribution in [3.05, 3.63) is 27.2 Å². The van der Waals surface area contributed by atoms with Gasteiger partial charge >= 0.3 is 5.69 Å². The first-order valence-corrected chi connectivity index (χ1v) is 8.03. The number of hydrogen-bond acceptors (Lipinski definition) is 5. The van der Waals surface area contributed by atoms with Crippen LogP contribution in [-0.2, 0) is 25.4 Å². The highest BCUT2D eigenvalue weighted by molar-refractivity contribution is 5.85. The fourth-order valence-electron chi connectivity index (χ4n) is 3.14. The van der Waals surface area contributed by atoms with E-state index in [1.54, 1.807) is 11.6 Å². The molecule has 2 aromatic rings. The van der Waals surface area contributed by atoms with Gasteiger partial charge in [-0.2, -0.15) is 0 Å². The number of hydrogen-bond donors (Lipinski definition) is 1. The van der Waals surface area contributed by atoms with Gasteiger partial charge < -0.3 is 14.8 Å². The highest BCUT2D eigenvalue weighted by atomic mass is 35.5. The molecular weight excluding hydrogens is 348 g/mol. The fourth-order valence-corrected chi connectivity index (χ4v) is 3.14. The Bertz CT molecular complexity index is 899. The molecule has 3 rings (SSSR count). The topological polar surface area (TPSA) is 94.2 Å². The van der Waals surface area contributed by atoms with E-state index in [0.29, 0.717) is 30.7 Å². The van der Waals surface area contributed by atoms with Gasteiger partial charge in [-0.05, 0) is 6.92 Å². The Labute approximate surface area is 150 Å². The third-order valence-electron chi connectivity index (χ3n) is 4.61. The van der Waals surface area contributed by atoms with E-state index in [9.17, 15) is 14.4 Å². The zero-order valence-corrected chi connectivity index (χ0v) is 15.4. The van der Waals surface area contributed by atoms with Crippen LogP contribution in [0, 0.1) is 0 Å². The molecule has 1 aliphatic rings. The fraction of sp³-hybridized carbons (Fsp3) is 0.600. The number of piperazine rings is 1. The van der Waals surface area contributed by atoms with Crippen LogP contribution in [0.1, 0.15) is 13.3 Å². The quantitative estimate of drug-likeness (QED) is 0.753. The second-order valence-electron chi connectivity index (χ2n) is 6.21. The third kappa shape index (κ3) is 3.34. The van der Waals surface area contributed by atoms with E-state index < -0.39 is 11.2 Å². The normalized spacial score (nSPS) is 17.6. The number of rotatable bonds is 3. The molecule has 138 valence electrons. The summed E-state index contributed by atoms with van der Waals surface area (Å²) in [5.74, 6) is 0.0625. The standard InChI is InChI=1S/C15H22N6O3.ClH/c1-10-8-16-5-7-21(10)11(22)4-6-20-9-17-13-12(20)14(23)19(3)15(24)18(13)2;/h9-10,16H,4-8H2,1-3H3;1H/t10-;/m1./s1. The molecule has 0 aliphatic carbocycles. The van der Waals surface area contributed by atoms with Crippen molar-refractivity contribution in [3.63, 3.8) is 0 Å². The lowest BCUT2D eigenvalue weighted by Gasteiger charge is -2.34. The van der Waals surface area contributed by atoms with Crippen LogP contribution >= 0.6 is 12.4 Å². The van der Waals surface area contributed by atoms with Crippen molar-refractivity contribution >= 4 is 29.5 Å². The van der Waals surface area contributed by atoms with Crippen molar-refractivity contribution in [3.8, 4) is 0 Å². The molecule has 0 saturated carbocycles. The number of amides is 1. The molecular formula is C15H23ClN6O3. The number of aromatic nitrogens is 4. The van der Waals surface area contributed by atoms with Crippen LogP contribution < -0.4 is 16.6 Å². The summed E-state index contributed by atoms with van der Waals surface area (Å²) in [6.45, 7) is 4.66. The van der Waals surface area contributed by atoms with Crippen molar-refractivity contribution in [1.82, 2.24) is 28.9 Å². The summed E-state index contributed by atoms with van der Waals surface area (Å²) >= 11 is 0. The van der Waals surface area contributed by atoms with Crippen molar-refractivity contribution in [2.24, 2.45) is 14.1 Å². The van der Waals surface area contributed by atoms with Crippen LogP contribution in [0.25, 0.3) is 11.2 Å². The molecule has 3 heterocycles. The van der Waals surface area contributed by atoms with E-state index >= 15 is 0 Å². The van der Waals surface area contributed by atoms with E-state index in [1.807, 2.05) is 11.8 Å². The molecule has 1 atom stereocenters. The van der Waals surface area contributed by atoms with E-state index in [1.165, 1.54) is 17.9 Å². The first-order valence-electron chi connectivity index (χ1n) is 8.03. The van der Waals surface area contributed by atoms with Crippen LogP contribution in [0.15, 0.2) is 15.9 Å². The van der Waals surface area contributed by atoms with E-state index in [2.05, 4.69) is 10.3 Å². The lowest BCUT2D eigenvalue weighted by atomic mass is 10.2. The predicted octanol–water partition coefficient (Wildman–Crippen LogP) is -0.934. The van der Waals surface area contributed by atoms with Crippen LogP contribution in [0.4, 0.5) is 0 Å². The number of fused-ring (bicyclic) bond motifs is 1. The van der Waals surface area contributed by atoms with Crippen molar-refractivity contribution in [2.45, 2.75) is 25.9 Å². The summed E-state index contributed by atoms with van der Waals surface area (Å²) in [6, 6.07) is 0.166. The second-order valence-corrected chi connectivity index (χ2v) is 6.21. The van der Waals surface area contributed by atoms with Crippen LogP contribution in [0.2, 0.25) is 0 Å². The molecule has 1 saturated heterocycles. The van der Waals surface area contributed by atoms with Gasteiger partial charge in [-0.25, -0.2) is 9.78 Å². The van der Waals surface area contributed by atoms with Crippen LogP contribution in [0.3, 0.4) is 0 Å². The molecule has 2 aromatic heterocycles. The van der Waals surface area contributed by atoms with Gasteiger partial charge in [-0.15, -0.1) is 12.4 Å². The Hall–Kier alpha value is -2.13. The number of nitrogens with zero attached hydrogens (tertiary/aromatic N) is 5. The smallest absolute Gasteiger partial charge is 0.332 e. The molecule has 1 N–H and O–H groups in total. The largest absolute Gasteiger partial charge is 0.337 e. The molecule has 0 aromatic carbocycles. The lowest BCUT2D eigenvalue weighted by Crippen LogP contribution is -2.52. The van der Waals surface area contributed by atoms with Gasteiger partial charge in [-0.3, -0.25) is 18.7 Å². The van der Waals surface area contributed by atoms with Gasteiger partial charge in [0.25, 0.3) is 5.56 Å². The molecule has 1 amide bonds. The molecule has 10 heteroatoms. The Kier molecular flexibility index (Phi) is 5.69. The Balaban J connectivity index is 0.00000225. The van der Waals surface area contributed by atoms with Gasteiger partial charge in [0.2, 0.25) is 5.91 Å². The number of nitrogens with one attached hydrogen (secondary N) is 1. The summed E-state index contributed by atoms with van der Waals surface area (Å²) in [5, 5.41) is 3.25. The highest BCUT2D eigenvalue weighted by Gasteiger charge is 2.23. The molecule has 1 aliphatic heterocycles. The molecule has 25 heavy (non-hydrogen) atoms. The van der Waals surface area contributed by atoms with Crippen LogP contribution in [0.5, 0.6) is 0 Å². The maximum absolute atomic E-state index is 12.4. The minimum Gasteiger partial charge on any atom is -0.337 e. The van der Waals surface area contributed by atoms with Crippen molar-refractivity contribution in [1.29, 1.82) is 0 Å². The van der Waals surface area contributed by atoms with Crippen LogP contribution in [-0.4, -0.2) is 55.2 Å². The molecule has 1 fully saturated rings. The minimum atomic E-state index is -0.413. The molecule has 0 radical (unpaired) electrons. The number of halogens is 1. The number of carbonyl (C=O) groups is 1. The van der Waals surface area contributed by atoms with E-state index in [-0.39, 0.29) is 24.4 Å². The summed E-state index contributed by atoms with van der Waals surface area (Å²) in [6.07, 6.45) is 1.81. The van der Waals surface area contributed by atoms with Gasteiger partial charge in [0, 0.05) is 52.7 Å². The average molecular weight is 371 g/mol. The maximum atomic E-state index is 12.4. The average Bonchev–Trinajstić information content (AvgIpc) is 3.00. The van der Waals surface area contributed by atoms with Gasteiger partial charge in [-0.1, -0.05) is 0 Å². The van der Waals surface area contributed by atoms with Gasteiger partial charge in [0.1, 0.15) is 0 Å². The number of imidazole rings is 1. The Morgan fingerprint density at radius 2 is 2.04 bits per heavy atom. The minimum absolute atomic E-state index is 0. The number of aryl methyl sites for hydroxylation is 2. The second kappa shape index (κ2) is 7.40. The molecule has 0 bridgehead atoms. The monoisotopic (exact) mass is 370 g/mol. The van der Waals surface area contributed by atoms with E-state index in [4.69, 9.17) is 0 Å². The maximum Gasteiger partial charge on any atom is 0.332 e. The zero-order valence-electron chi connectivity index (χ0n) is 14.6. The first kappa shape index (κ1) is 19.2. The SMILES string of the molecule is C[C@@H]1CNCCN1C(=O)CCn1cnc2c1c(=O)n(C)c(=O)n2C.Cl. The van der Waals surface area contributed by atoms with E-state index in [0.717, 1.165) is 17.7 Å². The zero-order chi connectivity index (χ0) is 17.4. The lowest BCUT2D eigenvalue weighted by molar-refractivity contribution is -0.134. The molecule has 0 spiro atoms. The Morgan fingerprint density at radius 1 is 1.32 bits per heavy atom. The molecule has 0 unspecified atom stereocenters. The Morgan fingerprint density at radius 3 is 2.72 bits per heavy atom. The summed E-state index contributed by atoms with van der Waals surface area (Å²) in [5.41, 5.74) is -0.121. The van der Waals surface area contributed by atoms with Crippen molar-refractivity contribution in [2.75, 3.05) is 19.6 Å². The third-order valence-corrected chi connectivity index (χ3v) is 4.61. The van der Waals surface area contributed by atoms with Gasteiger partial charge in [0.05, 0.1) is 6.33 Å². The summed E-state index contributed by atoms with van der Waals surface area (Å²) in [4.78, 5) is 42.8. The van der Waals surface area contributed by atoms with Crippen molar-refractivity contribution < 1.29 is 4.79 Å². The predicted molar refractivity (Wildman–Crippen MR) is 96.1 cm³/mol. The number of carbonyl (C=O) groups excluding carboxylic acids is 1. The summed E-state index contributed by atoms with van der Waals surface area (Å²) < 4.78 is 4.05. The molecule has 9 nitrogen and oxygen atoms in total.